The first-order chi connectivity index (χ1) is 13.9. The molecule has 3 aromatic rings. The number of nitrogens with zero attached hydrogens (tertiary/aromatic N) is 5. The Bertz CT molecular complexity index is 1090. The van der Waals surface area contributed by atoms with E-state index < -0.39 is 5.41 Å². The molecule has 29 heavy (non-hydrogen) atoms. The average molecular weight is 389 g/mol. The maximum Gasteiger partial charge on any atom is 0.281 e. The van der Waals surface area contributed by atoms with Crippen LogP contribution in [0, 0.1) is 6.92 Å². The van der Waals surface area contributed by atoms with Gasteiger partial charge in [0.1, 0.15) is 11.7 Å². The molecule has 1 saturated carbocycles. The van der Waals surface area contributed by atoms with Crippen molar-refractivity contribution in [3.8, 4) is 11.3 Å². The number of amidine groups is 1. The minimum Gasteiger partial charge on any atom is -0.386 e. The molecule has 1 aromatic carbocycles. The number of hydrogen-bond donors (Lipinski definition) is 2. The molecule has 0 aliphatic heterocycles. The highest BCUT2D eigenvalue weighted by Crippen LogP contribution is 2.44. The molecule has 2 aromatic heterocycles. The number of nitrogen functional groups attached to an aromatic ring is 1. The van der Waals surface area contributed by atoms with Crippen molar-refractivity contribution in [1.82, 2.24) is 19.7 Å². The number of amides is 1. The van der Waals surface area contributed by atoms with E-state index in [0.29, 0.717) is 22.9 Å². The number of aryl methyl sites for hydroxylation is 2. The fourth-order valence-corrected chi connectivity index (χ4v) is 3.63. The number of benzene rings is 1. The Balaban J connectivity index is 1.62. The minimum atomic E-state index is -0.404. The summed E-state index contributed by atoms with van der Waals surface area (Å²) in [4.78, 5) is 25.3. The molecule has 1 aliphatic rings. The Hall–Kier alpha value is -3.55. The van der Waals surface area contributed by atoms with Crippen LogP contribution in [0.4, 0.5) is 5.82 Å². The molecule has 1 aliphatic carbocycles. The second kappa shape index (κ2) is 7.12. The van der Waals surface area contributed by atoms with Gasteiger partial charge < -0.3 is 11.5 Å². The zero-order valence-electron chi connectivity index (χ0n) is 16.5. The molecule has 4 N–H and O–H groups in total. The molecule has 0 spiro atoms. The van der Waals surface area contributed by atoms with Crippen LogP contribution in [-0.4, -0.2) is 31.5 Å². The van der Waals surface area contributed by atoms with Crippen molar-refractivity contribution in [2.24, 2.45) is 17.8 Å². The summed E-state index contributed by atoms with van der Waals surface area (Å²) in [5.74, 6) is 0.417. The Kier molecular flexibility index (Phi) is 4.62. The van der Waals surface area contributed by atoms with Crippen LogP contribution in [0.1, 0.15) is 40.9 Å². The SMILES string of the molecule is Cc1nc(-c2ccc(C3(C(N)=NC(=O)c4cnn(C)c4)CCC3)cc2)cnc1N. The fourth-order valence-electron chi connectivity index (χ4n) is 3.63. The van der Waals surface area contributed by atoms with Gasteiger partial charge in [-0.25, -0.2) is 9.97 Å². The van der Waals surface area contributed by atoms with Gasteiger partial charge in [-0.3, -0.25) is 9.48 Å². The van der Waals surface area contributed by atoms with E-state index in [0.717, 1.165) is 36.1 Å². The van der Waals surface area contributed by atoms with E-state index in [1.54, 1.807) is 24.1 Å². The van der Waals surface area contributed by atoms with E-state index in [9.17, 15) is 4.79 Å². The molecule has 1 fully saturated rings. The summed E-state index contributed by atoms with van der Waals surface area (Å²) in [5, 5.41) is 4.02. The summed E-state index contributed by atoms with van der Waals surface area (Å²) in [6.07, 6.45) is 7.57. The first kappa shape index (κ1) is 18.8. The molecule has 8 heteroatoms. The van der Waals surface area contributed by atoms with Crippen LogP contribution in [-0.2, 0) is 12.5 Å². The third-order valence-corrected chi connectivity index (χ3v) is 5.59. The van der Waals surface area contributed by atoms with E-state index in [1.165, 1.54) is 6.20 Å². The van der Waals surface area contributed by atoms with Crippen molar-refractivity contribution in [2.45, 2.75) is 31.6 Å². The van der Waals surface area contributed by atoms with Crippen LogP contribution in [0.15, 0.2) is 47.8 Å². The number of aliphatic imine (C=N–C) groups is 1. The lowest BCUT2D eigenvalue weighted by Gasteiger charge is -2.41. The number of aromatic nitrogens is 4. The van der Waals surface area contributed by atoms with Crippen molar-refractivity contribution >= 4 is 17.6 Å². The average Bonchev–Trinajstić information content (AvgIpc) is 3.10. The second-order valence-corrected chi connectivity index (χ2v) is 7.44. The Morgan fingerprint density at radius 2 is 1.93 bits per heavy atom. The van der Waals surface area contributed by atoms with Crippen molar-refractivity contribution in [2.75, 3.05) is 5.73 Å². The van der Waals surface area contributed by atoms with Gasteiger partial charge >= 0.3 is 0 Å². The van der Waals surface area contributed by atoms with Gasteiger partial charge in [-0.2, -0.15) is 10.1 Å². The lowest BCUT2D eigenvalue weighted by atomic mass is 9.63. The molecular weight excluding hydrogens is 366 g/mol. The Labute approximate surface area is 168 Å². The molecule has 2 heterocycles. The summed E-state index contributed by atoms with van der Waals surface area (Å²) in [7, 11) is 1.76. The van der Waals surface area contributed by atoms with Crippen LogP contribution in [0.2, 0.25) is 0 Å². The van der Waals surface area contributed by atoms with E-state index >= 15 is 0 Å². The Morgan fingerprint density at radius 1 is 1.21 bits per heavy atom. The van der Waals surface area contributed by atoms with Crippen LogP contribution in [0.5, 0.6) is 0 Å². The number of hydrogen-bond acceptors (Lipinski definition) is 5. The fraction of sp³-hybridized carbons (Fsp3) is 0.286. The molecule has 8 nitrogen and oxygen atoms in total. The summed E-state index contributed by atoms with van der Waals surface area (Å²) >= 11 is 0. The monoisotopic (exact) mass is 389 g/mol. The van der Waals surface area contributed by atoms with Crippen LogP contribution < -0.4 is 11.5 Å². The largest absolute Gasteiger partial charge is 0.386 e. The zero-order chi connectivity index (χ0) is 20.6. The number of carbonyl (C=O) groups is 1. The van der Waals surface area contributed by atoms with Gasteiger partial charge in [0.05, 0.1) is 34.8 Å². The molecule has 0 unspecified atom stereocenters. The van der Waals surface area contributed by atoms with Gasteiger partial charge in [-0.15, -0.1) is 0 Å². The van der Waals surface area contributed by atoms with Gasteiger partial charge in [-0.05, 0) is 25.3 Å². The van der Waals surface area contributed by atoms with E-state index in [-0.39, 0.29) is 5.91 Å². The lowest BCUT2D eigenvalue weighted by Crippen LogP contribution is -2.47. The summed E-state index contributed by atoms with van der Waals surface area (Å²) < 4.78 is 1.57. The van der Waals surface area contributed by atoms with Gasteiger partial charge in [-0.1, -0.05) is 30.7 Å². The molecule has 0 bridgehead atoms. The predicted molar refractivity (Wildman–Crippen MR) is 111 cm³/mol. The number of anilines is 1. The summed E-state index contributed by atoms with van der Waals surface area (Å²) in [6.45, 7) is 1.83. The number of carbonyl (C=O) groups excluding carboxylic acids is 1. The molecule has 0 saturated heterocycles. The van der Waals surface area contributed by atoms with Gasteiger partial charge in [0.25, 0.3) is 5.91 Å². The smallest absolute Gasteiger partial charge is 0.281 e. The second-order valence-electron chi connectivity index (χ2n) is 7.44. The normalized spacial score (nSPS) is 15.7. The first-order valence-electron chi connectivity index (χ1n) is 9.47. The van der Waals surface area contributed by atoms with E-state index in [1.807, 2.05) is 31.2 Å². The molecule has 0 atom stereocenters. The molecule has 148 valence electrons. The Morgan fingerprint density at radius 3 is 2.48 bits per heavy atom. The van der Waals surface area contributed by atoms with Gasteiger partial charge in [0.15, 0.2) is 0 Å². The third kappa shape index (κ3) is 3.37. The van der Waals surface area contributed by atoms with Crippen molar-refractivity contribution in [3.63, 3.8) is 0 Å². The highest BCUT2D eigenvalue weighted by atomic mass is 16.1. The molecule has 1 amide bonds. The third-order valence-electron chi connectivity index (χ3n) is 5.59. The molecule has 0 radical (unpaired) electrons. The van der Waals surface area contributed by atoms with E-state index in [2.05, 4.69) is 20.1 Å². The van der Waals surface area contributed by atoms with Crippen molar-refractivity contribution in [3.05, 3.63) is 59.7 Å². The van der Waals surface area contributed by atoms with Crippen LogP contribution >= 0.6 is 0 Å². The number of nitrogens with two attached hydrogens (primary N) is 2. The van der Waals surface area contributed by atoms with E-state index in [4.69, 9.17) is 11.5 Å². The quantitative estimate of drug-likeness (QED) is 0.521. The molecular formula is C21H23N7O. The highest BCUT2D eigenvalue weighted by Gasteiger charge is 2.42. The maximum absolute atomic E-state index is 12.4. The maximum atomic E-state index is 12.4. The van der Waals surface area contributed by atoms with Crippen molar-refractivity contribution in [1.29, 1.82) is 0 Å². The van der Waals surface area contributed by atoms with Gasteiger partial charge in [0, 0.05) is 18.8 Å². The highest BCUT2D eigenvalue weighted by molar-refractivity contribution is 6.06. The zero-order valence-corrected chi connectivity index (χ0v) is 16.5. The minimum absolute atomic E-state index is 0.355. The summed E-state index contributed by atoms with van der Waals surface area (Å²) in [6, 6.07) is 8.04. The first-order valence-corrected chi connectivity index (χ1v) is 9.47. The topological polar surface area (TPSA) is 125 Å². The van der Waals surface area contributed by atoms with Gasteiger partial charge in [0.2, 0.25) is 0 Å². The number of rotatable bonds is 4. The van der Waals surface area contributed by atoms with Crippen molar-refractivity contribution < 1.29 is 4.79 Å². The summed E-state index contributed by atoms with van der Waals surface area (Å²) in [5.41, 5.74) is 15.6. The molecule has 4 rings (SSSR count). The predicted octanol–water partition coefficient (Wildman–Crippen LogP) is 2.39. The standard InChI is InChI=1S/C21H23N7O/c1-13-18(22)24-11-17(26-13)14-4-6-16(7-5-14)21(8-3-9-21)20(23)27-19(29)15-10-25-28(2)12-15/h4-7,10-12H,3,8-9H2,1-2H3,(H2,22,24)(H2,23,27,29). The van der Waals surface area contributed by atoms with Crippen LogP contribution in [0.25, 0.3) is 11.3 Å². The van der Waals surface area contributed by atoms with Crippen LogP contribution in [0.3, 0.4) is 0 Å². The lowest BCUT2D eigenvalue weighted by molar-refractivity contribution is 0.100.